The van der Waals surface area contributed by atoms with Crippen LogP contribution >= 0.6 is 11.6 Å². The van der Waals surface area contributed by atoms with Gasteiger partial charge in [-0.1, -0.05) is 11.6 Å². The molecule has 2 aliphatic rings. The van der Waals surface area contributed by atoms with Gasteiger partial charge in [-0.25, -0.2) is 0 Å². The van der Waals surface area contributed by atoms with Gasteiger partial charge < -0.3 is 14.8 Å². The molecule has 0 spiro atoms. The normalized spacial score (nSPS) is 17.4. The van der Waals surface area contributed by atoms with E-state index in [0.29, 0.717) is 28.4 Å². The fourth-order valence-corrected chi connectivity index (χ4v) is 3.45. The Balaban J connectivity index is 1.36. The van der Waals surface area contributed by atoms with Crippen LogP contribution in [0.2, 0.25) is 5.02 Å². The van der Waals surface area contributed by atoms with Gasteiger partial charge in [0, 0.05) is 16.3 Å². The largest absolute Gasteiger partial charge is 0.492 e. The SMILES string of the molecule is O=C1Cc2cc(C(=O)COC(=O)[C@H]3COc4ccc(Cl)cc4C3)ccc2N1. The van der Waals surface area contributed by atoms with E-state index < -0.39 is 11.9 Å². The lowest BCUT2D eigenvalue weighted by atomic mass is 9.97. The van der Waals surface area contributed by atoms with Crippen LogP contribution in [0.3, 0.4) is 0 Å². The molecule has 1 N–H and O–H groups in total. The Kier molecular flexibility index (Phi) is 4.58. The lowest BCUT2D eigenvalue weighted by molar-refractivity contribution is -0.148. The van der Waals surface area contributed by atoms with E-state index in [4.69, 9.17) is 21.1 Å². The molecule has 1 amide bonds. The van der Waals surface area contributed by atoms with Crippen molar-refractivity contribution < 1.29 is 23.9 Å². The molecule has 2 heterocycles. The monoisotopic (exact) mass is 385 g/mol. The number of esters is 1. The first-order valence-electron chi connectivity index (χ1n) is 8.53. The van der Waals surface area contributed by atoms with E-state index in [1.807, 2.05) is 0 Å². The second-order valence-corrected chi connectivity index (χ2v) is 7.03. The molecule has 2 aromatic carbocycles. The Bertz CT molecular complexity index is 955. The molecule has 0 radical (unpaired) electrons. The quantitative estimate of drug-likeness (QED) is 0.646. The smallest absolute Gasteiger partial charge is 0.313 e. The van der Waals surface area contributed by atoms with Gasteiger partial charge in [0.1, 0.15) is 12.4 Å². The summed E-state index contributed by atoms with van der Waals surface area (Å²) in [6, 6.07) is 10.2. The molecule has 7 heteroatoms. The predicted octanol–water partition coefficient (Wildman–Crippen LogP) is 2.81. The number of nitrogens with one attached hydrogen (secondary N) is 1. The fourth-order valence-electron chi connectivity index (χ4n) is 3.26. The summed E-state index contributed by atoms with van der Waals surface area (Å²) < 4.78 is 10.8. The van der Waals surface area contributed by atoms with Gasteiger partial charge in [-0.15, -0.1) is 0 Å². The van der Waals surface area contributed by atoms with E-state index in [-0.39, 0.29) is 31.3 Å². The van der Waals surface area contributed by atoms with E-state index in [0.717, 1.165) is 11.1 Å². The zero-order valence-corrected chi connectivity index (χ0v) is 15.0. The Labute approximate surface area is 160 Å². The molecule has 0 aromatic heterocycles. The van der Waals surface area contributed by atoms with Crippen LogP contribution in [0.5, 0.6) is 5.75 Å². The molecule has 4 rings (SSSR count). The molecule has 0 saturated carbocycles. The van der Waals surface area contributed by atoms with Crippen LogP contribution in [-0.4, -0.2) is 30.9 Å². The van der Waals surface area contributed by atoms with Crippen molar-refractivity contribution in [2.24, 2.45) is 5.92 Å². The van der Waals surface area contributed by atoms with Crippen molar-refractivity contribution in [2.45, 2.75) is 12.8 Å². The van der Waals surface area contributed by atoms with Crippen LogP contribution in [0.15, 0.2) is 36.4 Å². The summed E-state index contributed by atoms with van der Waals surface area (Å²) >= 11 is 5.98. The summed E-state index contributed by atoms with van der Waals surface area (Å²) in [5.41, 5.74) is 2.74. The van der Waals surface area contributed by atoms with Crippen molar-refractivity contribution >= 4 is 34.9 Å². The fraction of sp³-hybridized carbons (Fsp3) is 0.250. The lowest BCUT2D eigenvalue weighted by Crippen LogP contribution is -2.31. The highest BCUT2D eigenvalue weighted by Crippen LogP contribution is 2.30. The van der Waals surface area contributed by atoms with Crippen molar-refractivity contribution in [3.8, 4) is 5.75 Å². The average molecular weight is 386 g/mol. The zero-order chi connectivity index (χ0) is 19.0. The van der Waals surface area contributed by atoms with Gasteiger partial charge in [-0.2, -0.15) is 0 Å². The number of rotatable bonds is 4. The minimum atomic E-state index is -0.481. The van der Waals surface area contributed by atoms with Crippen molar-refractivity contribution in [3.05, 3.63) is 58.1 Å². The predicted molar refractivity (Wildman–Crippen MR) is 98.2 cm³/mol. The van der Waals surface area contributed by atoms with E-state index in [1.54, 1.807) is 36.4 Å². The molecule has 6 nitrogen and oxygen atoms in total. The minimum Gasteiger partial charge on any atom is -0.492 e. The highest BCUT2D eigenvalue weighted by molar-refractivity contribution is 6.30. The Morgan fingerprint density at radius 3 is 2.89 bits per heavy atom. The van der Waals surface area contributed by atoms with Crippen molar-refractivity contribution in [2.75, 3.05) is 18.5 Å². The number of amides is 1. The number of hydrogen-bond donors (Lipinski definition) is 1. The van der Waals surface area contributed by atoms with Gasteiger partial charge >= 0.3 is 5.97 Å². The summed E-state index contributed by atoms with van der Waals surface area (Å²) in [7, 11) is 0. The molecular formula is C20H16ClNO5. The highest BCUT2D eigenvalue weighted by atomic mass is 35.5. The van der Waals surface area contributed by atoms with Crippen LogP contribution in [0.25, 0.3) is 0 Å². The minimum absolute atomic E-state index is 0.0984. The number of halogens is 1. The Hall–Kier alpha value is -2.86. The number of carbonyl (C=O) groups excluding carboxylic acids is 3. The molecule has 0 fully saturated rings. The van der Waals surface area contributed by atoms with E-state index in [1.165, 1.54) is 0 Å². The maximum Gasteiger partial charge on any atom is 0.313 e. The molecule has 0 aliphatic carbocycles. The van der Waals surface area contributed by atoms with Crippen LogP contribution < -0.4 is 10.1 Å². The van der Waals surface area contributed by atoms with Gasteiger partial charge in [-0.05, 0) is 53.9 Å². The molecule has 0 unspecified atom stereocenters. The molecule has 2 aromatic rings. The van der Waals surface area contributed by atoms with Gasteiger partial charge in [0.25, 0.3) is 0 Å². The molecule has 0 bridgehead atoms. The third-order valence-corrected chi connectivity index (χ3v) is 4.90. The third-order valence-electron chi connectivity index (χ3n) is 4.66. The number of hydrogen-bond acceptors (Lipinski definition) is 5. The second-order valence-electron chi connectivity index (χ2n) is 6.59. The standard InChI is InChI=1S/C20H16ClNO5/c21-15-2-4-18-13(7-15)6-14(9-26-18)20(25)27-10-17(23)11-1-3-16-12(5-11)8-19(24)22-16/h1-5,7,14H,6,8-10H2,(H,22,24)/t14-/m1/s1. The number of fused-ring (bicyclic) bond motifs is 2. The molecule has 2 aliphatic heterocycles. The zero-order valence-electron chi connectivity index (χ0n) is 14.3. The summed E-state index contributed by atoms with van der Waals surface area (Å²) in [6.07, 6.45) is 0.702. The first-order chi connectivity index (χ1) is 13.0. The lowest BCUT2D eigenvalue weighted by Gasteiger charge is -2.24. The number of Topliss-reactive ketones (excluding diaryl/α,β-unsaturated/α-hetero) is 1. The second kappa shape index (κ2) is 7.04. The average Bonchev–Trinajstić information content (AvgIpc) is 3.04. The molecule has 27 heavy (non-hydrogen) atoms. The number of carbonyl (C=O) groups is 3. The first-order valence-corrected chi connectivity index (χ1v) is 8.91. The van der Waals surface area contributed by atoms with Gasteiger partial charge in [0.2, 0.25) is 5.91 Å². The van der Waals surface area contributed by atoms with Crippen LogP contribution in [0.4, 0.5) is 5.69 Å². The van der Waals surface area contributed by atoms with E-state index in [2.05, 4.69) is 5.32 Å². The molecular weight excluding hydrogens is 370 g/mol. The van der Waals surface area contributed by atoms with Crippen LogP contribution in [0.1, 0.15) is 21.5 Å². The van der Waals surface area contributed by atoms with Crippen molar-refractivity contribution in [3.63, 3.8) is 0 Å². The van der Waals surface area contributed by atoms with Crippen molar-refractivity contribution in [1.82, 2.24) is 0 Å². The topological polar surface area (TPSA) is 81.7 Å². The van der Waals surface area contributed by atoms with Crippen molar-refractivity contribution in [1.29, 1.82) is 0 Å². The van der Waals surface area contributed by atoms with Gasteiger partial charge in [0.15, 0.2) is 12.4 Å². The molecule has 0 saturated heterocycles. The van der Waals surface area contributed by atoms with Gasteiger partial charge in [0.05, 0.1) is 12.3 Å². The van der Waals surface area contributed by atoms with E-state index >= 15 is 0 Å². The Morgan fingerprint density at radius 1 is 1.19 bits per heavy atom. The summed E-state index contributed by atoms with van der Waals surface area (Å²) in [4.78, 5) is 36.0. The van der Waals surface area contributed by atoms with Gasteiger partial charge in [-0.3, -0.25) is 14.4 Å². The van der Waals surface area contributed by atoms with Crippen LogP contribution in [-0.2, 0) is 27.2 Å². The number of benzene rings is 2. The maximum absolute atomic E-state index is 12.3. The first kappa shape index (κ1) is 17.5. The highest BCUT2D eigenvalue weighted by Gasteiger charge is 2.28. The third kappa shape index (κ3) is 3.66. The van der Waals surface area contributed by atoms with Crippen LogP contribution in [0, 0.1) is 5.92 Å². The summed E-state index contributed by atoms with van der Waals surface area (Å²) in [5.74, 6) is -0.664. The summed E-state index contributed by atoms with van der Waals surface area (Å²) in [5, 5.41) is 3.29. The molecule has 1 atom stereocenters. The number of ketones is 1. The molecule has 138 valence electrons. The van der Waals surface area contributed by atoms with E-state index in [9.17, 15) is 14.4 Å². The summed E-state index contributed by atoms with van der Waals surface area (Å²) in [6.45, 7) is -0.147. The maximum atomic E-state index is 12.3. The Morgan fingerprint density at radius 2 is 2.04 bits per heavy atom. The number of anilines is 1. The number of ether oxygens (including phenoxy) is 2.